The van der Waals surface area contributed by atoms with Crippen LogP contribution in [0.15, 0.2) is 36.4 Å². The van der Waals surface area contributed by atoms with Crippen LogP contribution in [-0.4, -0.2) is 36.7 Å². The fraction of sp³-hybridized carbons (Fsp3) is 0.375. The van der Waals surface area contributed by atoms with Crippen LogP contribution in [0.5, 0.6) is 5.75 Å². The first-order chi connectivity index (χ1) is 10.4. The molecule has 1 fully saturated rings. The maximum absolute atomic E-state index is 12.5. The largest absolute Gasteiger partial charge is 0.489 e. The van der Waals surface area contributed by atoms with E-state index in [-0.39, 0.29) is 6.54 Å². The van der Waals surface area contributed by atoms with Crippen LogP contribution >= 0.6 is 0 Å². The maximum Gasteiger partial charge on any atom is 0.325 e. The lowest BCUT2D eigenvalue weighted by molar-refractivity contribution is -0.131. The van der Waals surface area contributed by atoms with Crippen molar-refractivity contribution in [2.45, 2.75) is 19.4 Å². The molecule has 1 aliphatic rings. The van der Waals surface area contributed by atoms with Gasteiger partial charge in [0.25, 0.3) is 5.91 Å². The van der Waals surface area contributed by atoms with Gasteiger partial charge in [0, 0.05) is 0 Å². The van der Waals surface area contributed by atoms with Crippen molar-refractivity contribution in [2.75, 3.05) is 19.8 Å². The van der Waals surface area contributed by atoms with Crippen LogP contribution in [0.4, 0.5) is 9.18 Å². The molecule has 0 radical (unpaired) electrons. The van der Waals surface area contributed by atoms with Crippen LogP contribution in [0.25, 0.3) is 0 Å². The van der Waals surface area contributed by atoms with E-state index in [2.05, 4.69) is 11.9 Å². The van der Waals surface area contributed by atoms with Gasteiger partial charge in [-0.3, -0.25) is 9.69 Å². The first-order valence-electron chi connectivity index (χ1n) is 6.96. The Morgan fingerprint density at radius 2 is 2.00 bits per heavy atom. The minimum absolute atomic E-state index is 0.236. The Morgan fingerprint density at radius 1 is 1.36 bits per heavy atom. The average Bonchev–Trinajstić information content (AvgIpc) is 2.70. The molecular weight excluding hydrogens is 287 g/mol. The van der Waals surface area contributed by atoms with Crippen molar-refractivity contribution in [3.63, 3.8) is 0 Å². The predicted octanol–water partition coefficient (Wildman–Crippen LogP) is 2.38. The van der Waals surface area contributed by atoms with E-state index >= 15 is 0 Å². The second-order valence-corrected chi connectivity index (χ2v) is 5.47. The highest BCUT2D eigenvalue weighted by atomic mass is 19.1. The summed E-state index contributed by atoms with van der Waals surface area (Å²) in [5.41, 5.74) is 0.338. The number of rotatable bonds is 6. The number of halogens is 1. The lowest BCUT2D eigenvalue weighted by atomic mass is 9.92. The molecule has 1 aromatic rings. The zero-order valence-electron chi connectivity index (χ0n) is 12.7. The van der Waals surface area contributed by atoms with Gasteiger partial charge in [-0.2, -0.15) is 0 Å². The lowest BCUT2D eigenvalue weighted by Crippen LogP contribution is -2.41. The van der Waals surface area contributed by atoms with E-state index in [9.17, 15) is 14.0 Å². The smallest absolute Gasteiger partial charge is 0.325 e. The fourth-order valence-electron chi connectivity index (χ4n) is 2.27. The van der Waals surface area contributed by atoms with Gasteiger partial charge in [-0.15, -0.1) is 0 Å². The molecule has 1 saturated heterocycles. The molecule has 6 heteroatoms. The summed E-state index contributed by atoms with van der Waals surface area (Å²) in [6.07, 6.45) is 0. The molecule has 1 heterocycles. The number of nitrogens with one attached hydrogen (secondary N) is 1. The molecule has 1 unspecified atom stereocenters. The molecule has 0 spiro atoms. The van der Waals surface area contributed by atoms with Gasteiger partial charge in [-0.1, -0.05) is 18.7 Å². The molecular formula is C16H19FN2O3. The number of ether oxygens (including phenoxy) is 1. The van der Waals surface area contributed by atoms with Crippen molar-refractivity contribution in [3.05, 3.63) is 42.0 Å². The monoisotopic (exact) mass is 306 g/mol. The van der Waals surface area contributed by atoms with E-state index < -0.39 is 24.2 Å². The van der Waals surface area contributed by atoms with Crippen molar-refractivity contribution in [1.29, 1.82) is 0 Å². The van der Waals surface area contributed by atoms with Gasteiger partial charge in [0.1, 0.15) is 24.6 Å². The Kier molecular flexibility index (Phi) is 4.49. The molecule has 1 aliphatic heterocycles. The first-order valence-corrected chi connectivity index (χ1v) is 6.96. The van der Waals surface area contributed by atoms with Crippen LogP contribution in [0.3, 0.4) is 0 Å². The Balaban J connectivity index is 2.18. The number of hydrogen-bond donors (Lipinski definition) is 1. The number of nitrogens with zero attached hydrogens (tertiary/aromatic N) is 1. The normalized spacial score (nSPS) is 21.0. The number of imide groups is 1. The average molecular weight is 306 g/mol. The van der Waals surface area contributed by atoms with Gasteiger partial charge in [0.05, 0.1) is 6.54 Å². The number of urea groups is 1. The van der Waals surface area contributed by atoms with Gasteiger partial charge >= 0.3 is 6.03 Å². The van der Waals surface area contributed by atoms with Crippen molar-refractivity contribution < 1.29 is 18.7 Å². The van der Waals surface area contributed by atoms with Gasteiger partial charge in [-0.25, -0.2) is 9.18 Å². The van der Waals surface area contributed by atoms with Crippen LogP contribution in [0.2, 0.25) is 0 Å². The quantitative estimate of drug-likeness (QED) is 0.648. The minimum atomic E-state index is -1.18. The molecule has 0 aliphatic carbocycles. The Hall–Kier alpha value is -2.37. The number of hydrogen-bond acceptors (Lipinski definition) is 3. The number of amides is 3. The fourth-order valence-corrected chi connectivity index (χ4v) is 2.27. The molecule has 0 bridgehead atoms. The number of carbonyl (C=O) groups is 2. The molecule has 1 atom stereocenters. The topological polar surface area (TPSA) is 58.6 Å². The summed E-state index contributed by atoms with van der Waals surface area (Å²) in [6.45, 7) is 6.64. The summed E-state index contributed by atoms with van der Waals surface area (Å²) in [5.74, 6) is 0.193. The molecule has 1 aromatic carbocycles. The van der Waals surface area contributed by atoms with Gasteiger partial charge < -0.3 is 10.1 Å². The van der Waals surface area contributed by atoms with Crippen LogP contribution in [0, 0.1) is 0 Å². The molecule has 22 heavy (non-hydrogen) atoms. The third-order valence-electron chi connectivity index (χ3n) is 3.50. The molecule has 3 amide bonds. The Morgan fingerprint density at radius 3 is 2.55 bits per heavy atom. The minimum Gasteiger partial charge on any atom is -0.489 e. The standard InChI is InChI=1S/C16H19FN2O3/c1-11(2)10-22-13-6-4-12(5-7-13)16(3)14(20)19(9-8-17)15(21)18-16/h4-7H,1,8-10H2,2-3H3,(H,18,21). The van der Waals surface area contributed by atoms with Gasteiger partial charge in [-0.05, 0) is 37.1 Å². The summed E-state index contributed by atoms with van der Waals surface area (Å²) in [5, 5.41) is 2.62. The van der Waals surface area contributed by atoms with Crippen LogP contribution in [-0.2, 0) is 10.3 Å². The zero-order valence-corrected chi connectivity index (χ0v) is 12.7. The first kappa shape index (κ1) is 16.0. The van der Waals surface area contributed by atoms with Gasteiger partial charge in [0.2, 0.25) is 0 Å². The van der Waals surface area contributed by atoms with E-state index in [1.807, 2.05) is 6.92 Å². The van der Waals surface area contributed by atoms with Gasteiger partial charge in [0.15, 0.2) is 0 Å². The summed E-state index contributed by atoms with van der Waals surface area (Å²) in [6, 6.07) is 6.30. The predicted molar refractivity (Wildman–Crippen MR) is 80.3 cm³/mol. The zero-order chi connectivity index (χ0) is 16.3. The van der Waals surface area contributed by atoms with Crippen LogP contribution < -0.4 is 10.1 Å². The van der Waals surface area contributed by atoms with Crippen LogP contribution in [0.1, 0.15) is 19.4 Å². The Labute approximate surface area is 128 Å². The van der Waals surface area contributed by atoms with E-state index in [4.69, 9.17) is 4.74 Å². The summed E-state index contributed by atoms with van der Waals surface area (Å²) >= 11 is 0. The third kappa shape index (κ3) is 2.95. The third-order valence-corrected chi connectivity index (χ3v) is 3.50. The summed E-state index contributed by atoms with van der Waals surface area (Å²) < 4.78 is 17.9. The summed E-state index contributed by atoms with van der Waals surface area (Å²) in [4.78, 5) is 25.1. The molecule has 118 valence electrons. The van der Waals surface area contributed by atoms with E-state index in [0.29, 0.717) is 17.9 Å². The number of carbonyl (C=O) groups excluding carboxylic acids is 2. The molecule has 0 saturated carbocycles. The number of benzene rings is 1. The molecule has 0 aromatic heterocycles. The van der Waals surface area contributed by atoms with E-state index in [1.54, 1.807) is 31.2 Å². The SMILES string of the molecule is C=C(C)COc1ccc(C2(C)NC(=O)N(CCF)C2=O)cc1. The van der Waals surface area contributed by atoms with Crippen molar-refractivity contribution in [3.8, 4) is 5.75 Å². The second kappa shape index (κ2) is 6.17. The lowest BCUT2D eigenvalue weighted by Gasteiger charge is -2.22. The van der Waals surface area contributed by atoms with Crippen molar-refractivity contribution in [1.82, 2.24) is 10.2 Å². The van der Waals surface area contributed by atoms with E-state index in [0.717, 1.165) is 10.5 Å². The summed E-state index contributed by atoms with van der Waals surface area (Å²) in [7, 11) is 0. The van der Waals surface area contributed by atoms with Crippen molar-refractivity contribution >= 4 is 11.9 Å². The highest BCUT2D eigenvalue weighted by molar-refractivity contribution is 6.07. The highest BCUT2D eigenvalue weighted by Gasteiger charge is 2.48. The second-order valence-electron chi connectivity index (χ2n) is 5.47. The van der Waals surface area contributed by atoms with Crippen molar-refractivity contribution in [2.24, 2.45) is 0 Å². The Bertz CT molecular complexity index is 600. The van der Waals surface area contributed by atoms with E-state index in [1.165, 1.54) is 0 Å². The number of alkyl halides is 1. The molecule has 5 nitrogen and oxygen atoms in total. The molecule has 2 rings (SSSR count). The maximum atomic E-state index is 12.5. The highest BCUT2D eigenvalue weighted by Crippen LogP contribution is 2.29. The molecule has 1 N–H and O–H groups in total.